The molecule has 4 aromatic rings. The molecular formula is C17H16N8O. The van der Waals surface area contributed by atoms with E-state index in [1.54, 1.807) is 12.5 Å². The van der Waals surface area contributed by atoms with E-state index in [1.165, 1.54) is 6.33 Å². The van der Waals surface area contributed by atoms with Crippen molar-refractivity contribution in [3.63, 3.8) is 0 Å². The average Bonchev–Trinajstić information content (AvgIpc) is 3.35. The number of nitrogens with one attached hydrogen (secondary N) is 2. The number of piperazine rings is 1. The smallest absolute Gasteiger partial charge is 0.254 e. The van der Waals surface area contributed by atoms with E-state index in [-0.39, 0.29) is 5.91 Å². The number of amides is 1. The van der Waals surface area contributed by atoms with Crippen molar-refractivity contribution in [2.45, 2.75) is 0 Å². The molecule has 9 heteroatoms. The van der Waals surface area contributed by atoms with Crippen LogP contribution in [-0.4, -0.2) is 67.1 Å². The van der Waals surface area contributed by atoms with Crippen molar-refractivity contribution in [2.75, 3.05) is 31.1 Å². The molecule has 5 rings (SSSR count). The number of nitrogens with zero attached hydrogens (tertiary/aromatic N) is 6. The van der Waals surface area contributed by atoms with Gasteiger partial charge in [-0.3, -0.25) is 9.89 Å². The van der Waals surface area contributed by atoms with Gasteiger partial charge in [0.25, 0.3) is 5.91 Å². The van der Waals surface area contributed by atoms with Crippen LogP contribution in [0.2, 0.25) is 0 Å². The minimum absolute atomic E-state index is 0.0392. The number of carbonyl (C=O) groups is 1. The van der Waals surface area contributed by atoms with E-state index in [2.05, 4.69) is 35.0 Å². The highest BCUT2D eigenvalue weighted by molar-refractivity contribution is 5.97. The van der Waals surface area contributed by atoms with Gasteiger partial charge in [0, 0.05) is 31.7 Å². The highest BCUT2D eigenvalue weighted by Crippen LogP contribution is 2.22. The lowest BCUT2D eigenvalue weighted by atomic mass is 10.1. The molecule has 0 radical (unpaired) electrons. The van der Waals surface area contributed by atoms with Crippen molar-refractivity contribution >= 4 is 33.8 Å². The molecule has 9 nitrogen and oxygen atoms in total. The van der Waals surface area contributed by atoms with E-state index in [4.69, 9.17) is 0 Å². The predicted octanol–water partition coefficient (Wildman–Crippen LogP) is 1.19. The molecule has 3 aromatic heterocycles. The fraction of sp³-hybridized carbons (Fsp3) is 0.235. The standard InChI is InChI=1S/C17H16N8O/c26-17(11-1-2-13-14(7-11)19-9-18-13)25-5-3-24(4-6-25)16-12-8-22-23-15(12)20-10-21-16/h1-2,7-10H,3-6H2,(H,18,19)(H,20,21,22,23). The maximum atomic E-state index is 12.8. The molecule has 130 valence electrons. The fourth-order valence-corrected chi connectivity index (χ4v) is 3.38. The van der Waals surface area contributed by atoms with Crippen LogP contribution in [-0.2, 0) is 0 Å². The lowest BCUT2D eigenvalue weighted by Crippen LogP contribution is -2.49. The molecule has 0 bridgehead atoms. The molecule has 1 amide bonds. The zero-order chi connectivity index (χ0) is 17.5. The van der Waals surface area contributed by atoms with Crippen LogP contribution in [0.5, 0.6) is 0 Å². The van der Waals surface area contributed by atoms with E-state index in [1.807, 2.05) is 23.1 Å². The topological polar surface area (TPSA) is 107 Å². The maximum absolute atomic E-state index is 12.8. The van der Waals surface area contributed by atoms with Crippen molar-refractivity contribution < 1.29 is 4.79 Å². The maximum Gasteiger partial charge on any atom is 0.254 e. The number of rotatable bonds is 2. The number of fused-ring (bicyclic) bond motifs is 2. The van der Waals surface area contributed by atoms with E-state index >= 15 is 0 Å². The molecule has 0 aliphatic carbocycles. The largest absolute Gasteiger partial charge is 0.352 e. The van der Waals surface area contributed by atoms with Crippen LogP contribution < -0.4 is 4.90 Å². The molecule has 1 aliphatic rings. The Morgan fingerprint density at radius 1 is 1.08 bits per heavy atom. The first-order valence-corrected chi connectivity index (χ1v) is 8.41. The summed E-state index contributed by atoms with van der Waals surface area (Å²) in [5, 5.41) is 7.79. The van der Waals surface area contributed by atoms with Gasteiger partial charge in [0.1, 0.15) is 12.1 Å². The van der Waals surface area contributed by atoms with Gasteiger partial charge in [-0.05, 0) is 18.2 Å². The average molecular weight is 348 g/mol. The van der Waals surface area contributed by atoms with E-state index < -0.39 is 0 Å². The Hall–Kier alpha value is -3.49. The Labute approximate surface area is 148 Å². The van der Waals surface area contributed by atoms with Gasteiger partial charge < -0.3 is 14.8 Å². The monoisotopic (exact) mass is 348 g/mol. The zero-order valence-electron chi connectivity index (χ0n) is 13.9. The molecule has 1 fully saturated rings. The second-order valence-electron chi connectivity index (χ2n) is 6.24. The van der Waals surface area contributed by atoms with Crippen molar-refractivity contribution in [1.82, 2.24) is 35.0 Å². The van der Waals surface area contributed by atoms with Crippen molar-refractivity contribution in [1.29, 1.82) is 0 Å². The van der Waals surface area contributed by atoms with Gasteiger partial charge >= 0.3 is 0 Å². The van der Waals surface area contributed by atoms with Crippen LogP contribution in [0.1, 0.15) is 10.4 Å². The van der Waals surface area contributed by atoms with Gasteiger partial charge in [0.05, 0.1) is 28.9 Å². The molecule has 1 aromatic carbocycles. The Morgan fingerprint density at radius 3 is 2.85 bits per heavy atom. The minimum atomic E-state index is 0.0392. The fourth-order valence-electron chi connectivity index (χ4n) is 3.38. The number of aromatic amines is 2. The summed E-state index contributed by atoms with van der Waals surface area (Å²) in [4.78, 5) is 32.7. The molecule has 26 heavy (non-hydrogen) atoms. The van der Waals surface area contributed by atoms with Crippen molar-refractivity contribution in [3.05, 3.63) is 42.6 Å². The van der Waals surface area contributed by atoms with Gasteiger partial charge in [0.15, 0.2) is 5.65 Å². The van der Waals surface area contributed by atoms with Crippen LogP contribution in [0.15, 0.2) is 37.1 Å². The molecule has 1 saturated heterocycles. The number of benzene rings is 1. The van der Waals surface area contributed by atoms with Crippen LogP contribution in [0.3, 0.4) is 0 Å². The summed E-state index contributed by atoms with van der Waals surface area (Å²) in [6.07, 6.45) is 4.91. The third-order valence-corrected chi connectivity index (χ3v) is 4.76. The summed E-state index contributed by atoms with van der Waals surface area (Å²) in [6.45, 7) is 2.72. The Balaban J connectivity index is 1.33. The summed E-state index contributed by atoms with van der Waals surface area (Å²) in [6, 6.07) is 5.56. The van der Waals surface area contributed by atoms with E-state index in [9.17, 15) is 4.79 Å². The Morgan fingerprint density at radius 2 is 1.96 bits per heavy atom. The summed E-state index contributed by atoms with van der Waals surface area (Å²) < 4.78 is 0. The van der Waals surface area contributed by atoms with Crippen LogP contribution in [0, 0.1) is 0 Å². The normalized spacial score (nSPS) is 15.1. The highest BCUT2D eigenvalue weighted by atomic mass is 16.2. The molecule has 4 heterocycles. The number of aromatic nitrogens is 6. The van der Waals surface area contributed by atoms with Gasteiger partial charge in [-0.15, -0.1) is 0 Å². The number of anilines is 1. The highest BCUT2D eigenvalue weighted by Gasteiger charge is 2.24. The molecule has 0 unspecified atom stereocenters. The lowest BCUT2D eigenvalue weighted by molar-refractivity contribution is 0.0747. The SMILES string of the molecule is O=C(c1ccc2nc[nH]c2c1)N1CCN(c2ncnc3[nH]ncc23)CC1. The molecular weight excluding hydrogens is 332 g/mol. The van der Waals surface area contributed by atoms with Crippen LogP contribution in [0.4, 0.5) is 5.82 Å². The number of H-pyrrole nitrogens is 2. The first kappa shape index (κ1) is 14.8. The second kappa shape index (κ2) is 5.80. The van der Waals surface area contributed by atoms with Crippen LogP contribution in [0.25, 0.3) is 22.1 Å². The first-order valence-electron chi connectivity index (χ1n) is 8.41. The van der Waals surface area contributed by atoms with E-state index in [0.29, 0.717) is 18.7 Å². The number of carbonyl (C=O) groups excluding carboxylic acids is 1. The first-order chi connectivity index (χ1) is 12.8. The van der Waals surface area contributed by atoms with Crippen LogP contribution >= 0.6 is 0 Å². The Bertz CT molecular complexity index is 1090. The number of hydrogen-bond donors (Lipinski definition) is 2. The zero-order valence-corrected chi connectivity index (χ0v) is 13.9. The number of imidazole rings is 1. The molecule has 0 saturated carbocycles. The molecule has 0 spiro atoms. The third-order valence-electron chi connectivity index (χ3n) is 4.76. The predicted molar refractivity (Wildman–Crippen MR) is 95.9 cm³/mol. The van der Waals surface area contributed by atoms with Gasteiger partial charge in [-0.1, -0.05) is 0 Å². The number of hydrogen-bond acceptors (Lipinski definition) is 6. The van der Waals surface area contributed by atoms with Gasteiger partial charge in [-0.2, -0.15) is 5.10 Å². The van der Waals surface area contributed by atoms with E-state index in [0.717, 1.165) is 41.0 Å². The lowest BCUT2D eigenvalue weighted by Gasteiger charge is -2.35. The summed E-state index contributed by atoms with van der Waals surface area (Å²) >= 11 is 0. The minimum Gasteiger partial charge on any atom is -0.352 e. The Kier molecular flexibility index (Phi) is 3.30. The summed E-state index contributed by atoms with van der Waals surface area (Å²) in [5.41, 5.74) is 3.13. The summed E-state index contributed by atoms with van der Waals surface area (Å²) in [5.74, 6) is 0.895. The quantitative estimate of drug-likeness (QED) is 0.564. The van der Waals surface area contributed by atoms with Gasteiger partial charge in [0.2, 0.25) is 0 Å². The summed E-state index contributed by atoms with van der Waals surface area (Å²) in [7, 11) is 0. The van der Waals surface area contributed by atoms with Gasteiger partial charge in [-0.25, -0.2) is 15.0 Å². The molecule has 2 N–H and O–H groups in total. The molecule has 1 aliphatic heterocycles. The second-order valence-corrected chi connectivity index (χ2v) is 6.24. The van der Waals surface area contributed by atoms with Crippen molar-refractivity contribution in [2.24, 2.45) is 0 Å². The third kappa shape index (κ3) is 2.36. The van der Waals surface area contributed by atoms with Crippen molar-refractivity contribution in [3.8, 4) is 0 Å². The molecule has 0 atom stereocenters.